The van der Waals surface area contributed by atoms with Gasteiger partial charge in [-0.15, -0.1) is 0 Å². The van der Waals surface area contributed by atoms with E-state index in [0.717, 1.165) is 30.2 Å². The van der Waals surface area contributed by atoms with Crippen molar-refractivity contribution in [1.82, 2.24) is 0 Å². The number of benzene rings is 1. The highest BCUT2D eigenvalue weighted by Gasteiger charge is 2.41. The highest BCUT2D eigenvalue weighted by atomic mass is 35.5. The molecule has 94 valence electrons. The number of nitrogens with zero attached hydrogens (tertiary/aromatic N) is 1. The molecule has 0 spiro atoms. The topological polar surface area (TPSA) is 29.3 Å². The van der Waals surface area contributed by atoms with Gasteiger partial charge >= 0.3 is 0 Å². The van der Waals surface area contributed by atoms with E-state index < -0.39 is 0 Å². The Morgan fingerprint density at radius 2 is 2.12 bits per heavy atom. The Kier molecular flexibility index (Phi) is 3.64. The van der Waals surface area contributed by atoms with Crippen LogP contribution >= 0.6 is 11.6 Å². The summed E-state index contributed by atoms with van der Waals surface area (Å²) < 4.78 is 0. The standard InChI is InChI=1S/C14H21ClN2/c1-14(2)11(7-9-16)8-10-17(14)13-6-4-3-5-12(13)15/h3-6,11H,7-10,16H2,1-2H3. The average molecular weight is 253 g/mol. The van der Waals surface area contributed by atoms with Crippen molar-refractivity contribution >= 4 is 17.3 Å². The van der Waals surface area contributed by atoms with Crippen LogP contribution in [-0.2, 0) is 0 Å². The third kappa shape index (κ3) is 2.29. The number of halogens is 1. The van der Waals surface area contributed by atoms with Crippen LogP contribution in [0.5, 0.6) is 0 Å². The maximum absolute atomic E-state index is 6.29. The first kappa shape index (κ1) is 12.7. The minimum absolute atomic E-state index is 0.143. The Balaban J connectivity index is 2.27. The second-order valence-corrected chi connectivity index (χ2v) is 5.73. The van der Waals surface area contributed by atoms with Crippen molar-refractivity contribution in [2.45, 2.75) is 32.2 Å². The molecule has 1 fully saturated rings. The zero-order valence-corrected chi connectivity index (χ0v) is 11.4. The summed E-state index contributed by atoms with van der Waals surface area (Å²) in [6, 6.07) is 8.10. The SMILES string of the molecule is CC1(C)C(CCN)CCN1c1ccccc1Cl. The summed E-state index contributed by atoms with van der Waals surface area (Å²) in [7, 11) is 0. The van der Waals surface area contributed by atoms with Gasteiger partial charge in [0.15, 0.2) is 0 Å². The molecule has 0 saturated carbocycles. The van der Waals surface area contributed by atoms with Gasteiger partial charge in [0.25, 0.3) is 0 Å². The summed E-state index contributed by atoms with van der Waals surface area (Å²) >= 11 is 6.29. The fourth-order valence-corrected chi connectivity index (χ4v) is 3.18. The lowest BCUT2D eigenvalue weighted by molar-refractivity contribution is 0.349. The molecular weight excluding hydrogens is 232 g/mol. The molecule has 1 aromatic carbocycles. The number of nitrogens with two attached hydrogens (primary N) is 1. The maximum atomic E-state index is 6.29. The lowest BCUT2D eigenvalue weighted by Gasteiger charge is -2.38. The fourth-order valence-electron chi connectivity index (χ4n) is 2.95. The van der Waals surface area contributed by atoms with Gasteiger partial charge in [-0.25, -0.2) is 0 Å². The summed E-state index contributed by atoms with van der Waals surface area (Å²) in [6.45, 7) is 6.43. The Morgan fingerprint density at radius 1 is 1.41 bits per heavy atom. The first-order valence-electron chi connectivity index (χ1n) is 6.29. The highest BCUT2D eigenvalue weighted by molar-refractivity contribution is 6.33. The predicted octanol–water partition coefficient (Wildman–Crippen LogP) is 3.29. The molecule has 0 aromatic heterocycles. The number of rotatable bonds is 3. The molecule has 17 heavy (non-hydrogen) atoms. The molecular formula is C14H21ClN2. The zero-order chi connectivity index (χ0) is 12.5. The van der Waals surface area contributed by atoms with E-state index >= 15 is 0 Å². The summed E-state index contributed by atoms with van der Waals surface area (Å²) in [5.41, 5.74) is 6.99. The Labute approximate surface area is 109 Å². The van der Waals surface area contributed by atoms with E-state index in [-0.39, 0.29) is 5.54 Å². The quantitative estimate of drug-likeness (QED) is 0.895. The van der Waals surface area contributed by atoms with Crippen molar-refractivity contribution < 1.29 is 0 Å². The van der Waals surface area contributed by atoms with Crippen molar-refractivity contribution in [2.75, 3.05) is 18.0 Å². The van der Waals surface area contributed by atoms with Crippen molar-refractivity contribution in [2.24, 2.45) is 11.7 Å². The normalized spacial score (nSPS) is 23.1. The van der Waals surface area contributed by atoms with Crippen molar-refractivity contribution in [3.63, 3.8) is 0 Å². The Bertz CT molecular complexity index is 390. The molecule has 0 amide bonds. The van der Waals surface area contributed by atoms with Crippen LogP contribution in [0.4, 0.5) is 5.69 Å². The smallest absolute Gasteiger partial charge is 0.0639 e. The molecule has 1 atom stereocenters. The summed E-state index contributed by atoms with van der Waals surface area (Å²) in [5.74, 6) is 0.656. The summed E-state index contributed by atoms with van der Waals surface area (Å²) in [5, 5.41) is 0.842. The largest absolute Gasteiger partial charge is 0.365 e. The summed E-state index contributed by atoms with van der Waals surface area (Å²) in [4.78, 5) is 2.43. The van der Waals surface area contributed by atoms with Crippen molar-refractivity contribution in [3.8, 4) is 0 Å². The van der Waals surface area contributed by atoms with E-state index in [1.807, 2.05) is 18.2 Å². The predicted molar refractivity (Wildman–Crippen MR) is 74.7 cm³/mol. The molecule has 1 aromatic rings. The molecule has 1 unspecified atom stereocenters. The fraction of sp³-hybridized carbons (Fsp3) is 0.571. The second-order valence-electron chi connectivity index (χ2n) is 5.32. The van der Waals surface area contributed by atoms with Gasteiger partial charge in [0.2, 0.25) is 0 Å². The van der Waals surface area contributed by atoms with Crippen LogP contribution in [0.15, 0.2) is 24.3 Å². The minimum atomic E-state index is 0.143. The van der Waals surface area contributed by atoms with Gasteiger partial charge in [0, 0.05) is 12.1 Å². The number of para-hydroxylation sites is 1. The minimum Gasteiger partial charge on any atom is -0.365 e. The van der Waals surface area contributed by atoms with E-state index in [1.54, 1.807) is 0 Å². The molecule has 0 aliphatic carbocycles. The van der Waals surface area contributed by atoms with Gasteiger partial charge in [-0.2, -0.15) is 0 Å². The molecule has 1 saturated heterocycles. The molecule has 0 radical (unpaired) electrons. The van der Waals surface area contributed by atoms with Gasteiger partial charge in [-0.1, -0.05) is 23.7 Å². The van der Waals surface area contributed by atoms with Crippen molar-refractivity contribution in [3.05, 3.63) is 29.3 Å². The summed E-state index contributed by atoms with van der Waals surface area (Å²) in [6.07, 6.45) is 2.30. The molecule has 2 rings (SSSR count). The molecule has 2 N–H and O–H groups in total. The number of anilines is 1. The van der Waals surface area contributed by atoms with Crippen LogP contribution in [0, 0.1) is 5.92 Å². The van der Waals surface area contributed by atoms with Gasteiger partial charge in [-0.05, 0) is 51.3 Å². The van der Waals surface area contributed by atoms with Gasteiger partial charge < -0.3 is 10.6 Å². The van der Waals surface area contributed by atoms with Crippen molar-refractivity contribution in [1.29, 1.82) is 0 Å². The van der Waals surface area contributed by atoms with Gasteiger partial charge in [-0.3, -0.25) is 0 Å². The number of hydrogen-bond acceptors (Lipinski definition) is 2. The third-order valence-electron chi connectivity index (χ3n) is 4.05. The number of hydrogen-bond donors (Lipinski definition) is 1. The molecule has 1 aliphatic rings. The molecule has 3 heteroatoms. The third-order valence-corrected chi connectivity index (χ3v) is 4.37. The monoisotopic (exact) mass is 252 g/mol. The van der Waals surface area contributed by atoms with Crippen LogP contribution in [0.25, 0.3) is 0 Å². The van der Waals surface area contributed by atoms with E-state index in [4.69, 9.17) is 17.3 Å². The molecule has 0 bridgehead atoms. The molecule has 2 nitrogen and oxygen atoms in total. The van der Waals surface area contributed by atoms with E-state index in [1.165, 1.54) is 6.42 Å². The Morgan fingerprint density at radius 3 is 2.76 bits per heavy atom. The zero-order valence-electron chi connectivity index (χ0n) is 10.6. The van der Waals surface area contributed by atoms with E-state index in [0.29, 0.717) is 5.92 Å². The maximum Gasteiger partial charge on any atom is 0.0639 e. The molecule has 1 aliphatic heterocycles. The van der Waals surface area contributed by atoms with E-state index in [9.17, 15) is 0 Å². The lowest BCUT2D eigenvalue weighted by Crippen LogP contribution is -2.43. The van der Waals surface area contributed by atoms with Crippen LogP contribution in [-0.4, -0.2) is 18.6 Å². The Hall–Kier alpha value is -0.730. The van der Waals surface area contributed by atoms with Crippen LogP contribution in [0.2, 0.25) is 5.02 Å². The van der Waals surface area contributed by atoms with Crippen LogP contribution in [0.3, 0.4) is 0 Å². The van der Waals surface area contributed by atoms with E-state index in [2.05, 4.69) is 24.8 Å². The first-order chi connectivity index (χ1) is 8.07. The van der Waals surface area contributed by atoms with Crippen LogP contribution in [0.1, 0.15) is 26.7 Å². The second kappa shape index (κ2) is 4.87. The first-order valence-corrected chi connectivity index (χ1v) is 6.67. The van der Waals surface area contributed by atoms with Crippen LogP contribution < -0.4 is 10.6 Å². The molecule has 1 heterocycles. The van der Waals surface area contributed by atoms with Gasteiger partial charge in [0.05, 0.1) is 10.7 Å². The lowest BCUT2D eigenvalue weighted by atomic mass is 9.85. The average Bonchev–Trinajstić information content (AvgIpc) is 2.57. The highest BCUT2D eigenvalue weighted by Crippen LogP contribution is 2.41. The van der Waals surface area contributed by atoms with Gasteiger partial charge in [0.1, 0.15) is 0 Å².